The van der Waals surface area contributed by atoms with Gasteiger partial charge in [-0.1, -0.05) is 29.5 Å². The van der Waals surface area contributed by atoms with Crippen LogP contribution in [0.25, 0.3) is 21.2 Å². The molecule has 1 amide bonds. The van der Waals surface area contributed by atoms with Gasteiger partial charge in [0.2, 0.25) is 0 Å². The maximum atomic E-state index is 13.7. The Balaban J connectivity index is 1.60. The third-order valence-electron chi connectivity index (χ3n) is 5.45. The molecule has 0 N–H and O–H groups in total. The van der Waals surface area contributed by atoms with E-state index in [1.54, 1.807) is 24.3 Å². The highest BCUT2D eigenvalue weighted by molar-refractivity contribution is 7.22. The molecule has 160 valence electrons. The fourth-order valence-electron chi connectivity index (χ4n) is 3.60. The molecule has 0 aliphatic carbocycles. The number of carbonyl (C=O) groups excluding carboxylic acids is 1. The van der Waals surface area contributed by atoms with Crippen molar-refractivity contribution in [2.75, 3.05) is 12.0 Å². The van der Waals surface area contributed by atoms with Gasteiger partial charge in [0.05, 0.1) is 29.6 Å². The number of nitrogens with zero attached hydrogens (tertiary/aromatic N) is 3. The van der Waals surface area contributed by atoms with Crippen molar-refractivity contribution in [3.8, 4) is 5.75 Å². The number of ether oxygens (including phenoxy) is 1. The summed E-state index contributed by atoms with van der Waals surface area (Å²) in [6, 6.07) is 17.1. The molecule has 0 spiro atoms. The van der Waals surface area contributed by atoms with Gasteiger partial charge in [-0.05, 0) is 61.4 Å². The van der Waals surface area contributed by atoms with E-state index < -0.39 is 0 Å². The van der Waals surface area contributed by atoms with Gasteiger partial charge in [0.25, 0.3) is 5.91 Å². The van der Waals surface area contributed by atoms with Gasteiger partial charge in [-0.25, -0.2) is 4.98 Å². The predicted molar refractivity (Wildman–Crippen MR) is 127 cm³/mol. The predicted octanol–water partition coefficient (Wildman–Crippen LogP) is 5.91. The van der Waals surface area contributed by atoms with Crippen LogP contribution in [0.1, 0.15) is 27.4 Å². The molecule has 0 saturated heterocycles. The number of benzene rings is 2. The number of pyridine rings is 1. The number of hydrogen-bond acceptors (Lipinski definition) is 6. The number of rotatable bonds is 5. The van der Waals surface area contributed by atoms with E-state index in [2.05, 4.69) is 31.0 Å². The normalized spacial score (nSPS) is 11.2. The molecule has 0 fully saturated rings. The van der Waals surface area contributed by atoms with Gasteiger partial charge in [-0.3, -0.25) is 14.7 Å². The van der Waals surface area contributed by atoms with E-state index in [4.69, 9.17) is 14.1 Å². The second-order valence-corrected chi connectivity index (χ2v) is 8.61. The molecule has 0 atom stereocenters. The minimum atomic E-state index is -0.276. The van der Waals surface area contributed by atoms with Crippen molar-refractivity contribution in [3.63, 3.8) is 0 Å². The third kappa shape index (κ3) is 3.61. The number of thiazole rings is 1. The summed E-state index contributed by atoms with van der Waals surface area (Å²) >= 11 is 1.48. The quantitative estimate of drug-likeness (QED) is 0.338. The minimum Gasteiger partial charge on any atom is -0.493 e. The SMILES string of the molecule is COc1cccc2cc(C(=O)N(Cc3ccccn3)c3nc4cc(C)c(C)cc4s3)oc12. The number of aryl methyl sites for hydroxylation is 2. The van der Waals surface area contributed by atoms with E-state index in [-0.39, 0.29) is 18.2 Å². The Bertz CT molecular complexity index is 1400. The highest BCUT2D eigenvalue weighted by Gasteiger charge is 2.26. The maximum absolute atomic E-state index is 13.7. The lowest BCUT2D eigenvalue weighted by molar-refractivity contribution is 0.0960. The first-order chi connectivity index (χ1) is 15.5. The summed E-state index contributed by atoms with van der Waals surface area (Å²) < 4.78 is 12.4. The van der Waals surface area contributed by atoms with Crippen molar-refractivity contribution in [2.45, 2.75) is 20.4 Å². The highest BCUT2D eigenvalue weighted by Crippen LogP contribution is 2.34. The van der Waals surface area contributed by atoms with Crippen molar-refractivity contribution in [2.24, 2.45) is 0 Å². The van der Waals surface area contributed by atoms with Crippen molar-refractivity contribution in [1.82, 2.24) is 9.97 Å². The average Bonchev–Trinajstić information content (AvgIpc) is 3.42. The summed E-state index contributed by atoms with van der Waals surface area (Å²) in [5, 5.41) is 1.41. The molecule has 7 heteroatoms. The molecular formula is C25H21N3O3S. The van der Waals surface area contributed by atoms with Gasteiger partial charge >= 0.3 is 0 Å². The molecular weight excluding hydrogens is 422 g/mol. The Hall–Kier alpha value is -3.71. The fraction of sp³-hybridized carbons (Fsp3) is 0.160. The summed E-state index contributed by atoms with van der Waals surface area (Å²) in [5.41, 5.74) is 4.55. The molecule has 5 aromatic rings. The first-order valence-corrected chi connectivity index (χ1v) is 11.0. The first kappa shape index (κ1) is 20.2. The molecule has 3 aromatic heterocycles. The molecule has 32 heavy (non-hydrogen) atoms. The van der Waals surface area contributed by atoms with E-state index >= 15 is 0 Å². The van der Waals surface area contributed by atoms with Crippen LogP contribution in [0.15, 0.2) is 65.2 Å². The second kappa shape index (κ2) is 8.09. The molecule has 2 aromatic carbocycles. The largest absolute Gasteiger partial charge is 0.493 e. The number of furan rings is 1. The van der Waals surface area contributed by atoms with Gasteiger partial charge in [0, 0.05) is 11.6 Å². The fourth-order valence-corrected chi connectivity index (χ4v) is 4.64. The Kier molecular flexibility index (Phi) is 5.11. The Morgan fingerprint density at radius 1 is 1.09 bits per heavy atom. The highest BCUT2D eigenvalue weighted by atomic mass is 32.1. The molecule has 3 heterocycles. The number of carbonyl (C=O) groups is 1. The Labute approximate surface area is 189 Å². The number of fused-ring (bicyclic) bond motifs is 2. The van der Waals surface area contributed by atoms with Crippen molar-refractivity contribution in [3.05, 3.63) is 83.4 Å². The summed E-state index contributed by atoms with van der Waals surface area (Å²) in [5.74, 6) is 0.539. The van der Waals surface area contributed by atoms with Crippen LogP contribution in [0.4, 0.5) is 5.13 Å². The zero-order valence-electron chi connectivity index (χ0n) is 18.0. The van der Waals surface area contributed by atoms with Crippen molar-refractivity contribution < 1.29 is 13.9 Å². The van der Waals surface area contributed by atoms with Crippen molar-refractivity contribution in [1.29, 1.82) is 0 Å². The van der Waals surface area contributed by atoms with Crippen LogP contribution in [0, 0.1) is 13.8 Å². The lowest BCUT2D eigenvalue weighted by atomic mass is 10.1. The standard InChI is InChI=1S/C25H21N3O3S/c1-15-11-19-22(12-16(15)2)32-25(27-19)28(14-18-8-4-5-10-26-18)24(29)21-13-17-7-6-9-20(30-3)23(17)31-21/h4-13H,14H2,1-3H3. The van der Waals surface area contributed by atoms with Gasteiger partial charge in [-0.2, -0.15) is 0 Å². The summed E-state index contributed by atoms with van der Waals surface area (Å²) in [6.45, 7) is 4.42. The number of hydrogen-bond donors (Lipinski definition) is 0. The molecule has 0 aliphatic rings. The molecule has 0 radical (unpaired) electrons. The lowest BCUT2D eigenvalue weighted by Gasteiger charge is -2.18. The summed E-state index contributed by atoms with van der Waals surface area (Å²) in [7, 11) is 1.58. The monoisotopic (exact) mass is 443 g/mol. The van der Waals surface area contributed by atoms with Gasteiger partial charge in [0.15, 0.2) is 22.2 Å². The zero-order chi connectivity index (χ0) is 22.2. The molecule has 0 saturated carbocycles. The average molecular weight is 444 g/mol. The van der Waals surface area contributed by atoms with Crippen LogP contribution >= 0.6 is 11.3 Å². The van der Waals surface area contributed by atoms with Crippen LogP contribution in [0.5, 0.6) is 5.75 Å². The molecule has 6 nitrogen and oxygen atoms in total. The van der Waals surface area contributed by atoms with Gasteiger partial charge < -0.3 is 9.15 Å². The third-order valence-corrected chi connectivity index (χ3v) is 6.49. The van der Waals surface area contributed by atoms with Crippen LogP contribution in [-0.4, -0.2) is 23.0 Å². The molecule has 0 unspecified atom stereocenters. The van der Waals surface area contributed by atoms with E-state index in [1.807, 2.05) is 36.4 Å². The number of anilines is 1. The number of methoxy groups -OCH3 is 1. The molecule has 0 aliphatic heterocycles. The van der Waals surface area contributed by atoms with E-state index in [1.165, 1.54) is 22.5 Å². The lowest BCUT2D eigenvalue weighted by Crippen LogP contribution is -2.30. The Morgan fingerprint density at radius 3 is 2.72 bits per heavy atom. The van der Waals surface area contributed by atoms with Crippen LogP contribution in [0.2, 0.25) is 0 Å². The second-order valence-electron chi connectivity index (χ2n) is 7.60. The number of amides is 1. The van der Waals surface area contributed by atoms with Crippen LogP contribution < -0.4 is 9.64 Å². The van der Waals surface area contributed by atoms with E-state index in [0.717, 1.165) is 21.3 Å². The minimum absolute atomic E-state index is 0.229. The maximum Gasteiger partial charge on any atom is 0.296 e. The van der Waals surface area contributed by atoms with E-state index in [0.29, 0.717) is 16.5 Å². The smallest absolute Gasteiger partial charge is 0.296 e. The number of aromatic nitrogens is 2. The number of para-hydroxylation sites is 1. The van der Waals surface area contributed by atoms with Crippen LogP contribution in [-0.2, 0) is 6.54 Å². The van der Waals surface area contributed by atoms with Gasteiger partial charge in [-0.15, -0.1) is 0 Å². The van der Waals surface area contributed by atoms with Gasteiger partial charge in [0.1, 0.15) is 0 Å². The van der Waals surface area contributed by atoms with Crippen molar-refractivity contribution >= 4 is 43.6 Å². The topological polar surface area (TPSA) is 68.5 Å². The molecule has 5 rings (SSSR count). The zero-order valence-corrected chi connectivity index (χ0v) is 18.8. The Morgan fingerprint density at radius 2 is 1.94 bits per heavy atom. The van der Waals surface area contributed by atoms with Crippen LogP contribution in [0.3, 0.4) is 0 Å². The summed E-state index contributed by atoms with van der Waals surface area (Å²) in [6.07, 6.45) is 1.72. The van der Waals surface area contributed by atoms with E-state index in [9.17, 15) is 4.79 Å². The first-order valence-electron chi connectivity index (χ1n) is 10.2. The summed E-state index contributed by atoms with van der Waals surface area (Å²) in [4.78, 5) is 24.5. The molecule has 0 bridgehead atoms.